The number of hydrogen-bond donors (Lipinski definition) is 2. The van der Waals surface area contributed by atoms with Gasteiger partial charge in [-0.2, -0.15) is 0 Å². The number of fused-ring (bicyclic) bond motifs is 1. The molecule has 1 aliphatic heterocycles. The Morgan fingerprint density at radius 1 is 1.21 bits per heavy atom. The van der Waals surface area contributed by atoms with Gasteiger partial charge in [0.25, 0.3) is 15.9 Å². The summed E-state index contributed by atoms with van der Waals surface area (Å²) in [5.74, 6) is -0.754. The van der Waals surface area contributed by atoms with Gasteiger partial charge < -0.3 is 9.73 Å². The lowest BCUT2D eigenvalue weighted by atomic mass is 10.1. The summed E-state index contributed by atoms with van der Waals surface area (Å²) in [7, 11) is -3.81. The highest BCUT2D eigenvalue weighted by Gasteiger charge is 2.21. The number of aryl methyl sites for hydroxylation is 1. The van der Waals surface area contributed by atoms with Crippen LogP contribution in [-0.4, -0.2) is 26.7 Å². The summed E-state index contributed by atoms with van der Waals surface area (Å²) >= 11 is 0. The van der Waals surface area contributed by atoms with Crippen molar-refractivity contribution in [1.82, 2.24) is 4.72 Å². The molecule has 0 fully saturated rings. The van der Waals surface area contributed by atoms with E-state index >= 15 is 0 Å². The Labute approximate surface area is 166 Å². The molecule has 1 aliphatic rings. The molecule has 2 N–H and O–H groups in total. The molecule has 2 aromatic carbocycles. The highest BCUT2D eigenvalue weighted by Crippen LogP contribution is 2.28. The number of nitrogens with one attached hydrogen (secondary N) is 2. The van der Waals surface area contributed by atoms with Crippen molar-refractivity contribution in [3.63, 3.8) is 0 Å². The van der Waals surface area contributed by atoms with Crippen LogP contribution < -0.4 is 10.0 Å². The van der Waals surface area contributed by atoms with Crippen LogP contribution in [-0.2, 0) is 10.0 Å². The van der Waals surface area contributed by atoms with E-state index in [0.29, 0.717) is 29.8 Å². The first-order chi connectivity index (χ1) is 13.8. The van der Waals surface area contributed by atoms with E-state index in [1.54, 1.807) is 19.1 Å². The van der Waals surface area contributed by atoms with Crippen LogP contribution in [0.2, 0.25) is 0 Å². The van der Waals surface area contributed by atoms with Gasteiger partial charge >= 0.3 is 0 Å². The molecule has 2 heterocycles. The van der Waals surface area contributed by atoms with Crippen LogP contribution in [0, 0.1) is 12.7 Å². The van der Waals surface area contributed by atoms with Crippen LogP contribution in [0.1, 0.15) is 29.0 Å². The summed E-state index contributed by atoms with van der Waals surface area (Å²) in [5, 5.41) is 3.12. The first kappa shape index (κ1) is 19.1. The number of aliphatic imine (C=N–C) groups is 1. The third-order valence-corrected chi connectivity index (χ3v) is 6.03. The van der Waals surface area contributed by atoms with Gasteiger partial charge in [0.05, 0.1) is 4.90 Å². The van der Waals surface area contributed by atoms with E-state index in [9.17, 15) is 17.6 Å². The molecule has 0 unspecified atom stereocenters. The molecule has 0 aliphatic carbocycles. The van der Waals surface area contributed by atoms with Crippen LogP contribution in [0.5, 0.6) is 0 Å². The fourth-order valence-electron chi connectivity index (χ4n) is 3.19. The molecule has 4 rings (SSSR count). The molecule has 29 heavy (non-hydrogen) atoms. The van der Waals surface area contributed by atoms with Gasteiger partial charge in [-0.1, -0.05) is 18.2 Å². The van der Waals surface area contributed by atoms with E-state index in [1.807, 2.05) is 0 Å². The average Bonchev–Trinajstić information content (AvgIpc) is 3.30. The van der Waals surface area contributed by atoms with E-state index in [-0.39, 0.29) is 21.9 Å². The maximum atomic E-state index is 13.9. The highest BCUT2D eigenvalue weighted by atomic mass is 32.2. The Bertz CT molecular complexity index is 1250. The van der Waals surface area contributed by atoms with Crippen molar-refractivity contribution in [1.29, 1.82) is 0 Å². The Hall–Kier alpha value is -3.20. The number of sulfonamides is 1. The minimum absolute atomic E-state index is 0.00253. The standard InChI is InChI=1S/C20H18FN3O4S/c1-12-15-7-3-8-16(21)19(15)28-18(12)20(25)23-13-5-2-6-14(11-13)29(26,27)24-17-9-4-10-22-17/h2-3,5-8,11H,4,9-10H2,1H3,(H,22,24)(H,23,25). The SMILES string of the molecule is Cc1c(C(=O)Nc2cccc(S(=O)(=O)NC3=NCCC3)c2)oc2c(F)cccc12. The van der Waals surface area contributed by atoms with Crippen molar-refractivity contribution < 1.29 is 22.0 Å². The molecule has 1 aromatic heterocycles. The smallest absolute Gasteiger partial charge is 0.291 e. The molecular weight excluding hydrogens is 397 g/mol. The van der Waals surface area contributed by atoms with Gasteiger partial charge in [-0.15, -0.1) is 0 Å². The maximum absolute atomic E-state index is 13.9. The van der Waals surface area contributed by atoms with Crippen LogP contribution >= 0.6 is 0 Å². The summed E-state index contributed by atoms with van der Waals surface area (Å²) < 4.78 is 46.9. The largest absolute Gasteiger partial charge is 0.448 e. The van der Waals surface area contributed by atoms with Gasteiger partial charge in [0.2, 0.25) is 0 Å². The predicted molar refractivity (Wildman–Crippen MR) is 107 cm³/mol. The summed E-state index contributed by atoms with van der Waals surface area (Å²) in [6.07, 6.45) is 1.39. The quantitative estimate of drug-likeness (QED) is 0.680. The Balaban J connectivity index is 1.59. The molecule has 0 saturated carbocycles. The van der Waals surface area contributed by atoms with Gasteiger partial charge in [-0.3, -0.25) is 14.5 Å². The molecule has 9 heteroatoms. The Morgan fingerprint density at radius 2 is 2.00 bits per heavy atom. The second-order valence-corrected chi connectivity index (χ2v) is 8.37. The summed E-state index contributed by atoms with van der Waals surface area (Å²) in [5.41, 5.74) is 0.779. The molecule has 0 atom stereocenters. The topological polar surface area (TPSA) is 101 Å². The van der Waals surface area contributed by atoms with Gasteiger partial charge in [-0.05, 0) is 37.6 Å². The lowest BCUT2D eigenvalue weighted by molar-refractivity contribution is 0.0997. The fourth-order valence-corrected chi connectivity index (χ4v) is 4.33. The summed E-state index contributed by atoms with van der Waals surface area (Å²) in [6, 6.07) is 10.3. The molecule has 3 aromatic rings. The fraction of sp³-hybridized carbons (Fsp3) is 0.200. The number of carbonyl (C=O) groups is 1. The van der Waals surface area contributed by atoms with Crippen molar-refractivity contribution in [2.75, 3.05) is 11.9 Å². The first-order valence-electron chi connectivity index (χ1n) is 9.00. The molecule has 0 saturated heterocycles. The number of furan rings is 1. The van der Waals surface area contributed by atoms with Crippen molar-refractivity contribution in [3.8, 4) is 0 Å². The molecule has 0 bridgehead atoms. The number of nitrogens with zero attached hydrogens (tertiary/aromatic N) is 1. The van der Waals surface area contributed by atoms with Crippen molar-refractivity contribution in [2.45, 2.75) is 24.7 Å². The minimum Gasteiger partial charge on any atom is -0.448 e. The number of rotatable bonds is 4. The van der Waals surface area contributed by atoms with Crippen LogP contribution in [0.15, 0.2) is 56.8 Å². The molecule has 7 nitrogen and oxygen atoms in total. The van der Waals surface area contributed by atoms with E-state index < -0.39 is 21.7 Å². The normalized spacial score (nSPS) is 14.1. The number of halogens is 1. The van der Waals surface area contributed by atoms with Gasteiger partial charge in [0.15, 0.2) is 17.2 Å². The maximum Gasteiger partial charge on any atom is 0.291 e. The highest BCUT2D eigenvalue weighted by molar-refractivity contribution is 7.90. The number of benzene rings is 2. The summed E-state index contributed by atoms with van der Waals surface area (Å²) in [6.45, 7) is 2.26. The number of carbonyl (C=O) groups excluding carboxylic acids is 1. The zero-order valence-electron chi connectivity index (χ0n) is 15.5. The average molecular weight is 415 g/mol. The second-order valence-electron chi connectivity index (χ2n) is 6.69. The zero-order chi connectivity index (χ0) is 20.6. The van der Waals surface area contributed by atoms with Crippen molar-refractivity contribution in [2.24, 2.45) is 4.99 Å². The third-order valence-electron chi connectivity index (χ3n) is 4.65. The predicted octanol–water partition coefficient (Wildman–Crippen LogP) is 3.60. The van der Waals surface area contributed by atoms with E-state index in [0.717, 1.165) is 6.42 Å². The monoisotopic (exact) mass is 415 g/mol. The first-order valence-corrected chi connectivity index (χ1v) is 10.5. The second kappa shape index (κ2) is 7.32. The Kier molecular flexibility index (Phi) is 4.83. The van der Waals surface area contributed by atoms with E-state index in [2.05, 4.69) is 15.0 Å². The molecule has 150 valence electrons. The van der Waals surface area contributed by atoms with E-state index in [1.165, 1.54) is 30.3 Å². The lowest BCUT2D eigenvalue weighted by Crippen LogP contribution is -2.29. The Morgan fingerprint density at radius 3 is 2.72 bits per heavy atom. The van der Waals surface area contributed by atoms with E-state index in [4.69, 9.17) is 4.42 Å². The van der Waals surface area contributed by atoms with Crippen LogP contribution in [0.4, 0.5) is 10.1 Å². The third kappa shape index (κ3) is 3.73. The molecule has 1 amide bonds. The van der Waals surface area contributed by atoms with Crippen LogP contribution in [0.3, 0.4) is 0 Å². The van der Waals surface area contributed by atoms with Gasteiger partial charge in [0.1, 0.15) is 5.84 Å². The number of para-hydroxylation sites is 1. The van der Waals surface area contributed by atoms with Crippen molar-refractivity contribution in [3.05, 3.63) is 59.6 Å². The minimum atomic E-state index is -3.81. The molecule has 0 radical (unpaired) electrons. The van der Waals surface area contributed by atoms with Gasteiger partial charge in [-0.25, -0.2) is 12.8 Å². The number of amidine groups is 1. The summed E-state index contributed by atoms with van der Waals surface area (Å²) in [4.78, 5) is 16.7. The van der Waals surface area contributed by atoms with Gasteiger partial charge in [0, 0.05) is 29.6 Å². The molecule has 0 spiro atoms. The van der Waals surface area contributed by atoms with Crippen molar-refractivity contribution >= 4 is 38.4 Å². The number of hydrogen-bond acceptors (Lipinski definition) is 5. The molecular formula is C20H18FN3O4S. The zero-order valence-corrected chi connectivity index (χ0v) is 16.3. The number of amides is 1. The number of anilines is 1. The van der Waals surface area contributed by atoms with Crippen LogP contribution in [0.25, 0.3) is 11.0 Å². The lowest BCUT2D eigenvalue weighted by Gasteiger charge is -2.10.